The molecule has 0 radical (unpaired) electrons. The molecule has 1 N–H and O–H groups in total. The second-order valence-electron chi connectivity index (χ2n) is 13.7. The van der Waals surface area contributed by atoms with E-state index in [4.69, 9.17) is 0 Å². The number of aliphatic imine (C=N–C) groups is 1. The molecule has 5 aliphatic rings. The number of carbonyl (C=O) groups is 5. The van der Waals surface area contributed by atoms with E-state index in [1.165, 1.54) is 60.7 Å². The third-order valence-electron chi connectivity index (χ3n) is 10.9. The number of hydrogen-bond acceptors (Lipinski definition) is 6. The summed E-state index contributed by atoms with van der Waals surface area (Å²) in [5.74, 6) is -11.5. The van der Waals surface area contributed by atoms with Crippen LogP contribution in [0.5, 0.6) is 0 Å². The fraction of sp³-hybridized carbons (Fsp3) is 0.200. The van der Waals surface area contributed by atoms with Gasteiger partial charge in [0.1, 0.15) is 17.5 Å². The van der Waals surface area contributed by atoms with Gasteiger partial charge in [-0.2, -0.15) is 0 Å². The van der Waals surface area contributed by atoms with Crippen LogP contribution in [-0.4, -0.2) is 40.8 Å². The van der Waals surface area contributed by atoms with Crippen LogP contribution < -0.4 is 15.1 Å². The number of nitrogens with one attached hydrogen (secondary N) is 1. The van der Waals surface area contributed by atoms with E-state index in [0.29, 0.717) is 0 Å². The molecular weight excluding hydrogens is 673 g/mol. The summed E-state index contributed by atoms with van der Waals surface area (Å²) in [7, 11) is 0. The van der Waals surface area contributed by atoms with Crippen molar-refractivity contribution < 1.29 is 37.1 Å². The monoisotopic (exact) mass is 702 g/mol. The Morgan fingerprint density at radius 3 is 1.63 bits per heavy atom. The van der Waals surface area contributed by atoms with Crippen molar-refractivity contribution in [3.05, 3.63) is 138 Å². The molecule has 3 fully saturated rings. The maximum atomic E-state index is 14.8. The van der Waals surface area contributed by atoms with Crippen molar-refractivity contribution >= 4 is 52.3 Å². The third-order valence-corrected chi connectivity index (χ3v) is 10.9. The fourth-order valence-corrected chi connectivity index (χ4v) is 8.89. The molecule has 1 saturated carbocycles. The first-order valence-electron chi connectivity index (χ1n) is 16.6. The van der Waals surface area contributed by atoms with Crippen LogP contribution in [-0.2, 0) is 19.2 Å². The number of imide groups is 2. The lowest BCUT2D eigenvalue weighted by molar-refractivity contribution is -0.150. The molecule has 2 bridgehead atoms. The number of rotatable bonds is 6. The minimum Gasteiger partial charge on any atom is -0.341 e. The average molecular weight is 703 g/mol. The van der Waals surface area contributed by atoms with Gasteiger partial charge in [0, 0.05) is 16.7 Å². The number of anilines is 2. The van der Waals surface area contributed by atoms with E-state index >= 15 is 0 Å². The summed E-state index contributed by atoms with van der Waals surface area (Å²) >= 11 is 0. The summed E-state index contributed by atoms with van der Waals surface area (Å²) in [6, 6.07) is 23.3. The smallest absolute Gasteiger partial charge is 0.252 e. The second-order valence-corrected chi connectivity index (χ2v) is 13.7. The van der Waals surface area contributed by atoms with Crippen molar-refractivity contribution in [3.63, 3.8) is 0 Å². The Morgan fingerprint density at radius 2 is 1.13 bits per heavy atom. The summed E-state index contributed by atoms with van der Waals surface area (Å²) < 4.78 is 43.4. The van der Waals surface area contributed by atoms with Crippen LogP contribution in [0.3, 0.4) is 0 Å². The van der Waals surface area contributed by atoms with Gasteiger partial charge in [-0.1, -0.05) is 49.4 Å². The Labute approximate surface area is 295 Å². The molecule has 9 rings (SSSR count). The summed E-state index contributed by atoms with van der Waals surface area (Å²) in [4.78, 5) is 79.6. The lowest BCUT2D eigenvalue weighted by Gasteiger charge is -2.60. The Morgan fingerprint density at radius 1 is 0.654 bits per heavy atom. The Bertz CT molecular complexity index is 2220. The van der Waals surface area contributed by atoms with E-state index in [2.05, 4.69) is 10.3 Å². The highest BCUT2D eigenvalue weighted by Gasteiger charge is 2.80. The van der Waals surface area contributed by atoms with Crippen LogP contribution >= 0.6 is 0 Å². The van der Waals surface area contributed by atoms with E-state index < -0.39 is 81.6 Å². The SMILES string of the molecule is CC(=Nc1cccc(F)c1)C1=CC2(NC(=O)c3ccccc3)[C@@H]3C(=O)N(c4cccc(F)c4)C(=O)[C@@H]3C1(C)[C@@H]1C(=O)N(c3cccc(F)c3)C(=O)[C@@H]12. The minimum atomic E-state index is -2.03. The molecular formula is C40H29F3N4O5. The number of allylic oxidation sites excluding steroid dienone is 1. The average Bonchev–Trinajstić information content (AvgIpc) is 3.56. The highest BCUT2D eigenvalue weighted by Crippen LogP contribution is 2.68. The van der Waals surface area contributed by atoms with Gasteiger partial charge in [0.2, 0.25) is 23.6 Å². The highest BCUT2D eigenvalue weighted by atomic mass is 19.1. The predicted octanol–water partition coefficient (Wildman–Crippen LogP) is 5.94. The first-order valence-corrected chi connectivity index (χ1v) is 16.6. The van der Waals surface area contributed by atoms with Gasteiger partial charge in [0.15, 0.2) is 0 Å². The summed E-state index contributed by atoms with van der Waals surface area (Å²) in [6.45, 7) is 3.19. The Balaban J connectivity index is 1.40. The standard InChI is InChI=1S/C40H29F3N4O5/c1-21(44-26-14-6-11-23(41)17-26)29-20-40(45-34(48)22-9-4-3-5-10-22)32-30(35(49)46(37(32)51)27-15-7-12-24(42)18-27)39(29,2)31-33(40)38(52)47(36(31)50)28-16-8-13-25(43)19-28/h3-20,30-33H,1-2H3,(H,45,48)/t30-,31+,32+,33-,39?,40?. The number of nitrogens with zero attached hydrogens (tertiary/aromatic N) is 3. The van der Waals surface area contributed by atoms with Crippen molar-refractivity contribution in [2.45, 2.75) is 19.4 Å². The number of amides is 5. The number of carbonyl (C=O) groups excluding carboxylic acids is 5. The predicted molar refractivity (Wildman–Crippen MR) is 184 cm³/mol. The lowest BCUT2D eigenvalue weighted by Crippen LogP contribution is -2.73. The normalized spacial score (nSPS) is 27.9. The highest BCUT2D eigenvalue weighted by molar-refractivity contribution is 6.29. The molecule has 0 aromatic heterocycles. The van der Waals surface area contributed by atoms with Crippen LogP contribution in [0.4, 0.5) is 30.2 Å². The number of hydrogen-bond donors (Lipinski definition) is 1. The van der Waals surface area contributed by atoms with Gasteiger partial charge in [0.25, 0.3) is 5.91 Å². The van der Waals surface area contributed by atoms with Crippen LogP contribution in [0.1, 0.15) is 24.2 Å². The minimum absolute atomic E-state index is 0.0622. The van der Waals surface area contributed by atoms with Crippen molar-refractivity contribution in [1.82, 2.24) is 5.32 Å². The van der Waals surface area contributed by atoms with Crippen LogP contribution in [0.2, 0.25) is 0 Å². The Hall–Kier alpha value is -6.17. The van der Waals surface area contributed by atoms with Gasteiger partial charge in [-0.05, 0) is 79.2 Å². The van der Waals surface area contributed by atoms with Crippen LogP contribution in [0, 0.1) is 46.5 Å². The molecule has 5 amide bonds. The van der Waals surface area contributed by atoms with Gasteiger partial charge in [-0.15, -0.1) is 0 Å². The van der Waals surface area contributed by atoms with Gasteiger partial charge < -0.3 is 5.32 Å². The zero-order valence-corrected chi connectivity index (χ0v) is 27.7. The Kier molecular flexibility index (Phi) is 7.42. The van der Waals surface area contributed by atoms with Gasteiger partial charge in [-0.25, -0.2) is 23.0 Å². The lowest BCUT2D eigenvalue weighted by atomic mass is 9.41. The van der Waals surface area contributed by atoms with Crippen molar-refractivity contribution in [3.8, 4) is 0 Å². The van der Waals surface area contributed by atoms with E-state index in [9.17, 15) is 37.1 Å². The van der Waals surface area contributed by atoms with Crippen LogP contribution in [0.15, 0.2) is 120 Å². The molecule has 9 nitrogen and oxygen atoms in total. The molecule has 6 atom stereocenters. The maximum Gasteiger partial charge on any atom is 0.252 e. The zero-order valence-electron chi connectivity index (χ0n) is 27.7. The molecule has 4 aromatic carbocycles. The fourth-order valence-electron chi connectivity index (χ4n) is 8.89. The summed E-state index contributed by atoms with van der Waals surface area (Å²) in [6.07, 6.45) is 1.54. The maximum absolute atomic E-state index is 14.8. The molecule has 2 heterocycles. The molecule has 52 heavy (non-hydrogen) atoms. The zero-order chi connectivity index (χ0) is 36.7. The molecule has 2 unspecified atom stereocenters. The molecule has 4 aromatic rings. The number of halogens is 3. The molecule has 3 aliphatic carbocycles. The van der Waals surface area contributed by atoms with E-state index in [1.54, 1.807) is 38.1 Å². The quantitative estimate of drug-likeness (QED) is 0.198. The van der Waals surface area contributed by atoms with Crippen LogP contribution in [0.25, 0.3) is 0 Å². The first-order chi connectivity index (χ1) is 24.9. The topological polar surface area (TPSA) is 116 Å². The largest absolute Gasteiger partial charge is 0.341 e. The molecule has 0 spiro atoms. The van der Waals surface area contributed by atoms with Crippen molar-refractivity contribution in [2.24, 2.45) is 34.1 Å². The van der Waals surface area contributed by atoms with Gasteiger partial charge in [-0.3, -0.25) is 29.0 Å². The molecule has 260 valence electrons. The van der Waals surface area contributed by atoms with E-state index in [0.717, 1.165) is 34.1 Å². The van der Waals surface area contributed by atoms with Crippen molar-refractivity contribution in [2.75, 3.05) is 9.80 Å². The van der Waals surface area contributed by atoms with E-state index in [-0.39, 0.29) is 33.9 Å². The second kappa shape index (κ2) is 11.7. The van der Waals surface area contributed by atoms with Crippen molar-refractivity contribution in [1.29, 1.82) is 0 Å². The van der Waals surface area contributed by atoms with E-state index in [1.807, 2.05) is 0 Å². The summed E-state index contributed by atoms with van der Waals surface area (Å²) in [5, 5.41) is 2.95. The molecule has 2 aliphatic heterocycles. The molecule has 12 heteroatoms. The summed E-state index contributed by atoms with van der Waals surface area (Å²) in [5.41, 5.74) is -2.91. The number of benzene rings is 4. The van der Waals surface area contributed by atoms with Gasteiger partial charge in [0.05, 0.1) is 46.3 Å². The first kappa shape index (κ1) is 33.0. The third kappa shape index (κ3) is 4.63. The van der Waals surface area contributed by atoms with Gasteiger partial charge >= 0.3 is 0 Å². The molecule has 2 saturated heterocycles.